The Morgan fingerprint density at radius 2 is 2.10 bits per heavy atom. The van der Waals surface area contributed by atoms with Gasteiger partial charge in [0.15, 0.2) is 0 Å². The van der Waals surface area contributed by atoms with Crippen LogP contribution >= 0.6 is 0 Å². The van der Waals surface area contributed by atoms with Crippen molar-refractivity contribution >= 4 is 5.91 Å². The predicted molar refractivity (Wildman–Crippen MR) is 77.0 cm³/mol. The number of halogens is 1. The second kappa shape index (κ2) is 6.54. The topological polar surface area (TPSA) is 60.8 Å². The van der Waals surface area contributed by atoms with Crippen molar-refractivity contribution in [3.05, 3.63) is 35.6 Å². The summed E-state index contributed by atoms with van der Waals surface area (Å²) in [7, 11) is 1.62. The van der Waals surface area contributed by atoms with Gasteiger partial charge < -0.3 is 15.1 Å². The van der Waals surface area contributed by atoms with Crippen LogP contribution in [0.1, 0.15) is 43.8 Å². The van der Waals surface area contributed by atoms with E-state index in [1.165, 1.54) is 23.1 Å². The number of benzene rings is 1. The third kappa shape index (κ3) is 4.25. The molecule has 1 amide bonds. The van der Waals surface area contributed by atoms with Crippen molar-refractivity contribution in [1.82, 2.24) is 4.90 Å². The van der Waals surface area contributed by atoms with Gasteiger partial charge in [-0.05, 0) is 30.5 Å². The van der Waals surface area contributed by atoms with Gasteiger partial charge >= 0.3 is 0 Å². The molecule has 1 unspecified atom stereocenters. The van der Waals surface area contributed by atoms with Crippen LogP contribution in [0.4, 0.5) is 4.39 Å². The van der Waals surface area contributed by atoms with Crippen molar-refractivity contribution in [1.29, 1.82) is 0 Å². The molecule has 21 heavy (non-hydrogen) atoms. The van der Waals surface area contributed by atoms with Crippen molar-refractivity contribution in [3.8, 4) is 0 Å². The molecule has 2 N–H and O–H groups in total. The molecule has 0 aliphatic heterocycles. The zero-order chi connectivity index (χ0) is 15.5. The number of amides is 1. The maximum Gasteiger partial charge on any atom is 0.225 e. The number of likely N-dealkylation sites (N-methyl/N-ethyl adjacent to an activating group) is 1. The predicted octanol–water partition coefficient (Wildman–Crippen LogP) is 2.01. The third-order valence-corrected chi connectivity index (χ3v) is 4.09. The van der Waals surface area contributed by atoms with Crippen molar-refractivity contribution in [2.24, 2.45) is 0 Å². The van der Waals surface area contributed by atoms with Gasteiger partial charge in [-0.3, -0.25) is 4.79 Å². The molecule has 5 heteroatoms. The molecule has 1 saturated carbocycles. The van der Waals surface area contributed by atoms with E-state index in [2.05, 4.69) is 0 Å². The number of aliphatic hydroxyl groups is 2. The van der Waals surface area contributed by atoms with Gasteiger partial charge in [-0.15, -0.1) is 0 Å². The molecule has 0 saturated heterocycles. The second-order valence-corrected chi connectivity index (χ2v) is 5.96. The Labute approximate surface area is 124 Å². The highest BCUT2D eigenvalue weighted by molar-refractivity contribution is 5.76. The lowest BCUT2D eigenvalue weighted by Gasteiger charge is -2.29. The average Bonchev–Trinajstić information content (AvgIpc) is 2.85. The van der Waals surface area contributed by atoms with Crippen molar-refractivity contribution in [2.45, 2.75) is 43.8 Å². The summed E-state index contributed by atoms with van der Waals surface area (Å²) in [6.07, 6.45) is 2.22. The lowest BCUT2D eigenvalue weighted by atomic mass is 10.0. The number of nitrogens with zero attached hydrogens (tertiary/aromatic N) is 1. The van der Waals surface area contributed by atoms with Crippen molar-refractivity contribution < 1.29 is 19.4 Å². The maximum atomic E-state index is 13.1. The molecule has 0 aromatic heterocycles. The van der Waals surface area contributed by atoms with Crippen molar-refractivity contribution in [2.75, 3.05) is 13.6 Å². The van der Waals surface area contributed by atoms with E-state index in [0.717, 1.165) is 12.8 Å². The zero-order valence-electron chi connectivity index (χ0n) is 12.3. The molecule has 0 spiro atoms. The van der Waals surface area contributed by atoms with Gasteiger partial charge in [0, 0.05) is 13.6 Å². The number of aliphatic hydroxyl groups excluding tert-OH is 1. The first kappa shape index (κ1) is 15.9. The lowest BCUT2D eigenvalue weighted by molar-refractivity contribution is -0.135. The molecule has 0 bridgehead atoms. The number of rotatable bonds is 5. The van der Waals surface area contributed by atoms with Crippen LogP contribution in [0.25, 0.3) is 0 Å². The first-order chi connectivity index (χ1) is 9.89. The minimum absolute atomic E-state index is 0.115. The lowest BCUT2D eigenvalue weighted by Crippen LogP contribution is -2.42. The molecule has 4 nitrogen and oxygen atoms in total. The Morgan fingerprint density at radius 1 is 1.43 bits per heavy atom. The summed E-state index contributed by atoms with van der Waals surface area (Å²) in [6, 6.07) is 5.61. The van der Waals surface area contributed by atoms with E-state index < -0.39 is 17.5 Å². The quantitative estimate of drug-likeness (QED) is 0.873. The van der Waals surface area contributed by atoms with E-state index >= 15 is 0 Å². The molecule has 116 valence electrons. The van der Waals surface area contributed by atoms with E-state index in [1.54, 1.807) is 13.1 Å². The summed E-state index contributed by atoms with van der Waals surface area (Å²) >= 11 is 0. The number of carbonyl (C=O) groups is 1. The summed E-state index contributed by atoms with van der Waals surface area (Å²) in [4.78, 5) is 13.6. The maximum absolute atomic E-state index is 13.1. The summed E-state index contributed by atoms with van der Waals surface area (Å²) in [6.45, 7) is 0.279. The summed E-state index contributed by atoms with van der Waals surface area (Å²) in [5, 5.41) is 20.3. The first-order valence-corrected chi connectivity index (χ1v) is 7.29. The molecule has 2 rings (SSSR count). The summed E-state index contributed by atoms with van der Waals surface area (Å²) in [5.74, 6) is -0.695. The molecule has 0 radical (unpaired) electrons. The first-order valence-electron chi connectivity index (χ1n) is 7.29. The van der Waals surface area contributed by atoms with E-state index in [0.29, 0.717) is 18.4 Å². The van der Waals surface area contributed by atoms with Gasteiger partial charge in [-0.1, -0.05) is 25.0 Å². The normalized spacial score (nSPS) is 18.5. The Bertz CT molecular complexity index is 500. The fraction of sp³-hybridized carbons (Fsp3) is 0.562. The zero-order valence-corrected chi connectivity index (χ0v) is 12.3. The van der Waals surface area contributed by atoms with Crippen LogP contribution in [0.5, 0.6) is 0 Å². The van der Waals surface area contributed by atoms with Gasteiger partial charge in [0.2, 0.25) is 5.91 Å². The van der Waals surface area contributed by atoms with Gasteiger partial charge in [-0.2, -0.15) is 0 Å². The van der Waals surface area contributed by atoms with Crippen molar-refractivity contribution in [3.63, 3.8) is 0 Å². The highest BCUT2D eigenvalue weighted by Crippen LogP contribution is 2.30. The minimum atomic E-state index is -1.03. The largest absolute Gasteiger partial charge is 0.388 e. The smallest absolute Gasteiger partial charge is 0.225 e. The van der Waals surface area contributed by atoms with Crippen LogP contribution in [0.15, 0.2) is 24.3 Å². The number of hydrogen-bond donors (Lipinski definition) is 2. The molecule has 1 aliphatic rings. The van der Waals surface area contributed by atoms with Gasteiger partial charge in [0.25, 0.3) is 0 Å². The third-order valence-electron chi connectivity index (χ3n) is 4.09. The summed E-state index contributed by atoms with van der Waals surface area (Å²) < 4.78 is 13.1. The minimum Gasteiger partial charge on any atom is -0.388 e. The Balaban J connectivity index is 1.91. The van der Waals surface area contributed by atoms with E-state index in [9.17, 15) is 19.4 Å². The molecule has 1 aromatic rings. The standard InChI is InChI=1S/C16H22FNO3/c1-18(11-16(21)7-2-3-8-16)15(20)10-14(19)12-5-4-6-13(17)9-12/h4-6,9,14,19,21H,2-3,7-8,10-11H2,1H3. The fourth-order valence-electron chi connectivity index (χ4n) is 2.87. The Kier molecular flexibility index (Phi) is 4.96. The second-order valence-electron chi connectivity index (χ2n) is 5.96. The van der Waals surface area contributed by atoms with Gasteiger partial charge in [0.05, 0.1) is 18.1 Å². The van der Waals surface area contributed by atoms with Crippen LogP contribution in [-0.2, 0) is 4.79 Å². The van der Waals surface area contributed by atoms with Crippen LogP contribution in [0.3, 0.4) is 0 Å². The van der Waals surface area contributed by atoms with Gasteiger partial charge in [0.1, 0.15) is 5.82 Å². The van der Waals surface area contributed by atoms with Crippen LogP contribution in [-0.4, -0.2) is 40.2 Å². The van der Waals surface area contributed by atoms with Crippen LogP contribution in [0.2, 0.25) is 0 Å². The monoisotopic (exact) mass is 295 g/mol. The molecule has 1 aromatic carbocycles. The average molecular weight is 295 g/mol. The highest BCUT2D eigenvalue weighted by Gasteiger charge is 2.33. The molecule has 1 aliphatic carbocycles. The number of carbonyl (C=O) groups excluding carboxylic acids is 1. The molecular weight excluding hydrogens is 273 g/mol. The summed E-state index contributed by atoms with van der Waals surface area (Å²) in [5.41, 5.74) is -0.412. The SMILES string of the molecule is CN(CC1(O)CCCC1)C(=O)CC(O)c1cccc(F)c1. The Hall–Kier alpha value is -1.46. The molecule has 0 heterocycles. The highest BCUT2D eigenvalue weighted by atomic mass is 19.1. The van der Waals surface area contributed by atoms with E-state index in [-0.39, 0.29) is 18.9 Å². The van der Waals surface area contributed by atoms with Gasteiger partial charge in [-0.25, -0.2) is 4.39 Å². The van der Waals surface area contributed by atoms with E-state index in [1.807, 2.05) is 0 Å². The molecule has 1 atom stereocenters. The molecular formula is C16H22FNO3. The number of hydrogen-bond acceptors (Lipinski definition) is 3. The Morgan fingerprint density at radius 3 is 2.71 bits per heavy atom. The van der Waals surface area contributed by atoms with Crippen LogP contribution in [0, 0.1) is 5.82 Å². The fourth-order valence-corrected chi connectivity index (χ4v) is 2.87. The van der Waals surface area contributed by atoms with E-state index in [4.69, 9.17) is 0 Å². The van der Waals surface area contributed by atoms with Crippen LogP contribution < -0.4 is 0 Å². The molecule has 1 fully saturated rings.